The number of rotatable bonds is 8. The summed E-state index contributed by atoms with van der Waals surface area (Å²) in [6, 6.07) is 22.4. The van der Waals surface area contributed by atoms with E-state index >= 15 is 0 Å². The number of aliphatic hydroxyl groups is 1. The maximum atomic E-state index is 11.7. The summed E-state index contributed by atoms with van der Waals surface area (Å²) in [6.07, 6.45) is 6.24. The molecule has 2 aliphatic heterocycles. The number of carboxylic acids is 1. The van der Waals surface area contributed by atoms with Gasteiger partial charge in [0.05, 0.1) is 23.3 Å². The Morgan fingerprint density at radius 1 is 0.982 bits per heavy atom. The summed E-state index contributed by atoms with van der Waals surface area (Å²) in [7, 11) is 0. The van der Waals surface area contributed by atoms with Crippen molar-refractivity contribution in [1.29, 1.82) is 10.5 Å². The number of fused-ring (bicyclic) bond motifs is 3. The lowest BCUT2D eigenvalue weighted by atomic mass is 9.92. The van der Waals surface area contributed by atoms with Crippen LogP contribution in [0.15, 0.2) is 71.4 Å². The number of hydrogen-bond donors (Lipinski definition) is 3. The van der Waals surface area contributed by atoms with Crippen LogP contribution in [0.2, 0.25) is 0 Å². The van der Waals surface area contributed by atoms with Gasteiger partial charge in [0.2, 0.25) is 5.89 Å². The van der Waals surface area contributed by atoms with Gasteiger partial charge in [0, 0.05) is 61.1 Å². The Balaban J connectivity index is 1.03. The zero-order valence-electron chi connectivity index (χ0n) is 30.3. The lowest BCUT2D eigenvalue weighted by molar-refractivity contribution is -0.141. The van der Waals surface area contributed by atoms with E-state index in [-0.39, 0.29) is 18.1 Å². The Bertz CT molecular complexity index is 2600. The van der Waals surface area contributed by atoms with Crippen molar-refractivity contribution in [2.45, 2.75) is 51.3 Å². The second-order valence-corrected chi connectivity index (χ2v) is 14.9. The molecule has 0 spiro atoms. The maximum absolute atomic E-state index is 11.7. The van der Waals surface area contributed by atoms with E-state index in [1.54, 1.807) is 6.20 Å². The molecule has 1 aliphatic carbocycles. The first kappa shape index (κ1) is 34.6. The monoisotopic (exact) mass is 730 g/mol. The van der Waals surface area contributed by atoms with Gasteiger partial charge in [0.1, 0.15) is 28.7 Å². The molecule has 3 aliphatic rings. The van der Waals surface area contributed by atoms with Crippen LogP contribution in [0.5, 0.6) is 0 Å². The minimum absolute atomic E-state index is 0.0410. The molecule has 3 atom stereocenters. The number of pyridine rings is 2. The quantitative estimate of drug-likeness (QED) is 0.149. The number of likely N-dealkylation sites (tertiary alicyclic amines) is 2. The SMILES string of the molecule is Cc1c(-c2nc3cc4c(c(C#N)c3o2)CC[C@H]4N2CC[C@@H](C(=O)O)C2)cccc1-c1cccc(Nc2nccc3cc(CN4CC[C@@H](O)C4)cnc23)c1C#N. The number of benzene rings is 3. The van der Waals surface area contributed by atoms with E-state index in [4.69, 9.17) is 14.4 Å². The number of carbonyl (C=O) groups is 1. The number of nitriles is 2. The van der Waals surface area contributed by atoms with Gasteiger partial charge in [-0.05, 0) is 97.3 Å². The highest BCUT2D eigenvalue weighted by Gasteiger charge is 2.37. The molecule has 12 heteroatoms. The van der Waals surface area contributed by atoms with E-state index in [2.05, 4.69) is 38.3 Å². The molecule has 9 rings (SSSR count). The van der Waals surface area contributed by atoms with Crippen molar-refractivity contribution in [3.05, 3.63) is 100 Å². The molecule has 5 heterocycles. The Kier molecular flexibility index (Phi) is 8.74. The predicted octanol–water partition coefficient (Wildman–Crippen LogP) is 6.86. The van der Waals surface area contributed by atoms with Gasteiger partial charge in [0.15, 0.2) is 11.4 Å². The van der Waals surface area contributed by atoms with E-state index in [1.807, 2.05) is 61.7 Å². The van der Waals surface area contributed by atoms with Gasteiger partial charge >= 0.3 is 5.97 Å². The van der Waals surface area contributed by atoms with E-state index in [0.29, 0.717) is 77.7 Å². The lowest BCUT2D eigenvalue weighted by Crippen LogP contribution is -2.26. The summed E-state index contributed by atoms with van der Waals surface area (Å²) in [6.45, 7) is 5.42. The smallest absolute Gasteiger partial charge is 0.307 e. The first-order valence-electron chi connectivity index (χ1n) is 18.7. The van der Waals surface area contributed by atoms with Crippen LogP contribution in [0.3, 0.4) is 0 Å². The summed E-state index contributed by atoms with van der Waals surface area (Å²) in [5.41, 5.74) is 9.50. The minimum Gasteiger partial charge on any atom is -0.481 e. The van der Waals surface area contributed by atoms with Crippen molar-refractivity contribution in [3.63, 3.8) is 0 Å². The molecular weight excluding hydrogens is 693 g/mol. The fourth-order valence-electron chi connectivity index (χ4n) is 8.80. The normalized spacial score (nSPS) is 19.8. The standard InChI is InChI=1S/C43H38N8O4/c1-24-29(31-6-3-7-36(34(31)18-44)48-41-39-26(10-13-46-41)16-25(20-47-39)21-50-14-12-28(52)23-50)4-2-5-30(24)42-49-37-17-33-32(35(19-45)40(37)55-42)8-9-38(33)51-15-11-27(22-51)43(53)54/h2-7,10,13,16-17,20,27-28,38,52H,8-9,11-12,14-15,21-23H2,1H3,(H,46,48)(H,53,54)/t27-,28-,38-/m1/s1. The Labute approximate surface area is 317 Å². The van der Waals surface area contributed by atoms with E-state index in [1.165, 1.54) is 0 Å². The van der Waals surface area contributed by atoms with Gasteiger partial charge in [-0.15, -0.1) is 0 Å². The van der Waals surface area contributed by atoms with E-state index in [9.17, 15) is 25.5 Å². The van der Waals surface area contributed by atoms with Crippen LogP contribution in [-0.4, -0.2) is 73.2 Å². The number of oxazole rings is 1. The van der Waals surface area contributed by atoms with Gasteiger partial charge in [-0.25, -0.2) is 9.97 Å². The van der Waals surface area contributed by atoms with Crippen LogP contribution in [0.4, 0.5) is 11.5 Å². The van der Waals surface area contributed by atoms with Crippen LogP contribution in [0, 0.1) is 35.5 Å². The van der Waals surface area contributed by atoms with Crippen molar-refractivity contribution >= 4 is 39.5 Å². The zero-order chi connectivity index (χ0) is 37.8. The van der Waals surface area contributed by atoms with Gasteiger partial charge in [-0.2, -0.15) is 10.5 Å². The summed E-state index contributed by atoms with van der Waals surface area (Å²) in [5.74, 6) is -0.211. The summed E-state index contributed by atoms with van der Waals surface area (Å²) in [5, 5.41) is 44.7. The highest BCUT2D eigenvalue weighted by Crippen LogP contribution is 2.44. The molecule has 0 bridgehead atoms. The average molecular weight is 731 g/mol. The number of anilines is 2. The van der Waals surface area contributed by atoms with Crippen LogP contribution < -0.4 is 5.32 Å². The minimum atomic E-state index is -0.762. The molecule has 274 valence electrons. The number of aliphatic carboxylic acids is 1. The van der Waals surface area contributed by atoms with Crippen molar-refractivity contribution < 1.29 is 19.4 Å². The number of hydrogen-bond acceptors (Lipinski definition) is 11. The Morgan fingerprint density at radius 3 is 2.58 bits per heavy atom. The molecule has 3 aromatic heterocycles. The molecule has 2 fully saturated rings. The lowest BCUT2D eigenvalue weighted by Gasteiger charge is -2.24. The number of nitrogens with zero attached hydrogens (tertiary/aromatic N) is 7. The molecule has 0 saturated carbocycles. The highest BCUT2D eigenvalue weighted by molar-refractivity contribution is 5.92. The molecule has 6 aromatic rings. The molecular formula is C43H38N8O4. The third-order valence-corrected chi connectivity index (χ3v) is 11.6. The molecule has 3 N–H and O–H groups in total. The number of aliphatic hydroxyl groups excluding tert-OH is 1. The second-order valence-electron chi connectivity index (χ2n) is 14.9. The first-order chi connectivity index (χ1) is 26.8. The summed E-state index contributed by atoms with van der Waals surface area (Å²) in [4.78, 5) is 30.4. The number of aromatic nitrogens is 3. The van der Waals surface area contributed by atoms with Crippen LogP contribution in [-0.2, 0) is 17.8 Å². The second kappa shape index (κ2) is 13.9. The molecule has 2 saturated heterocycles. The van der Waals surface area contributed by atoms with E-state index in [0.717, 1.165) is 70.1 Å². The van der Waals surface area contributed by atoms with Crippen molar-refractivity contribution in [1.82, 2.24) is 24.8 Å². The zero-order valence-corrected chi connectivity index (χ0v) is 30.3. The van der Waals surface area contributed by atoms with Crippen LogP contribution >= 0.6 is 0 Å². The third-order valence-electron chi connectivity index (χ3n) is 11.6. The Hall–Kier alpha value is -6.18. The number of carboxylic acid groups (broad SMARTS) is 1. The van der Waals surface area contributed by atoms with Gasteiger partial charge < -0.3 is 19.9 Å². The van der Waals surface area contributed by atoms with Crippen LogP contribution in [0.25, 0.3) is 44.6 Å². The summed E-state index contributed by atoms with van der Waals surface area (Å²) < 4.78 is 6.40. The number of β-amino-alcohol motifs (C(OH)–C–C–N with tert-alkyl or cyclic N) is 1. The Morgan fingerprint density at radius 2 is 1.80 bits per heavy atom. The van der Waals surface area contributed by atoms with Gasteiger partial charge in [-0.1, -0.05) is 24.3 Å². The van der Waals surface area contributed by atoms with Gasteiger partial charge in [-0.3, -0.25) is 19.6 Å². The number of nitrogens with one attached hydrogen (secondary N) is 1. The largest absolute Gasteiger partial charge is 0.481 e. The summed E-state index contributed by atoms with van der Waals surface area (Å²) >= 11 is 0. The topological polar surface area (TPSA) is 175 Å². The molecule has 12 nitrogen and oxygen atoms in total. The predicted molar refractivity (Wildman–Crippen MR) is 206 cm³/mol. The third kappa shape index (κ3) is 6.15. The fraction of sp³-hybridized carbons (Fsp3) is 0.302. The average Bonchev–Trinajstić information content (AvgIpc) is 4.01. The van der Waals surface area contributed by atoms with E-state index < -0.39 is 5.97 Å². The molecule has 0 unspecified atom stereocenters. The van der Waals surface area contributed by atoms with Gasteiger partial charge in [0.25, 0.3) is 0 Å². The first-order valence-corrected chi connectivity index (χ1v) is 18.7. The molecule has 0 amide bonds. The molecule has 55 heavy (non-hydrogen) atoms. The van der Waals surface area contributed by atoms with Crippen molar-refractivity contribution in [2.24, 2.45) is 5.92 Å². The van der Waals surface area contributed by atoms with Crippen molar-refractivity contribution in [2.75, 3.05) is 31.5 Å². The van der Waals surface area contributed by atoms with Crippen molar-refractivity contribution in [3.8, 4) is 34.7 Å². The highest BCUT2D eigenvalue weighted by atomic mass is 16.4. The fourth-order valence-corrected chi connectivity index (χ4v) is 8.80. The molecule has 0 radical (unpaired) electrons. The maximum Gasteiger partial charge on any atom is 0.307 e. The molecule has 3 aromatic carbocycles. The van der Waals surface area contributed by atoms with Crippen LogP contribution in [0.1, 0.15) is 58.7 Å².